The Morgan fingerprint density at radius 2 is 1.93 bits per heavy atom. The summed E-state index contributed by atoms with van der Waals surface area (Å²) in [6.45, 7) is 7.08. The summed E-state index contributed by atoms with van der Waals surface area (Å²) in [7, 11) is 1.41. The lowest BCUT2D eigenvalue weighted by atomic mass is 9.46. The molecule has 0 aliphatic heterocycles. The van der Waals surface area contributed by atoms with E-state index in [-0.39, 0.29) is 11.4 Å². The fourth-order valence-corrected chi connectivity index (χ4v) is 7.60. The molecule has 0 heterocycles. The summed E-state index contributed by atoms with van der Waals surface area (Å²) in [5, 5.41) is 0. The van der Waals surface area contributed by atoms with E-state index in [2.05, 4.69) is 26.5 Å². The standard InChI is InChI=1S/C25H34O3/c1-16(5-10-23(27)28-4)20-8-9-21-19-7-6-17-15-18(26)11-13-24(17,2)22(19)12-14-25(20,21)3/h10,15,19-22H,6-9,11-14H2,1-4H3/t5?,19?,20-,21?,22?,24+,25-/m1/s1. The van der Waals surface area contributed by atoms with E-state index in [1.54, 1.807) is 0 Å². The minimum absolute atomic E-state index is 0.242. The summed E-state index contributed by atoms with van der Waals surface area (Å²) in [6, 6.07) is 0. The third kappa shape index (κ3) is 2.94. The molecule has 152 valence electrons. The van der Waals surface area contributed by atoms with Crippen molar-refractivity contribution in [3.05, 3.63) is 29.0 Å². The fraction of sp³-hybridized carbons (Fsp3) is 0.720. The lowest BCUT2D eigenvalue weighted by molar-refractivity contribution is -0.134. The van der Waals surface area contributed by atoms with Gasteiger partial charge in [-0.3, -0.25) is 4.79 Å². The van der Waals surface area contributed by atoms with Gasteiger partial charge in [-0.15, -0.1) is 5.73 Å². The lowest BCUT2D eigenvalue weighted by Crippen LogP contribution is -2.50. The van der Waals surface area contributed by atoms with Crippen molar-refractivity contribution in [2.75, 3.05) is 7.11 Å². The first-order valence-corrected chi connectivity index (χ1v) is 11.0. The van der Waals surface area contributed by atoms with E-state index in [9.17, 15) is 9.59 Å². The van der Waals surface area contributed by atoms with Crippen LogP contribution in [0.1, 0.15) is 72.1 Å². The summed E-state index contributed by atoms with van der Waals surface area (Å²) in [4.78, 5) is 23.5. The predicted octanol–water partition coefficient (Wildman–Crippen LogP) is 5.41. The smallest absolute Gasteiger partial charge is 0.338 e. The van der Waals surface area contributed by atoms with Gasteiger partial charge in [0.25, 0.3) is 0 Å². The van der Waals surface area contributed by atoms with Crippen LogP contribution in [-0.2, 0) is 14.3 Å². The fourth-order valence-electron chi connectivity index (χ4n) is 7.60. The Kier molecular flexibility index (Phi) is 4.94. The van der Waals surface area contributed by atoms with Gasteiger partial charge < -0.3 is 4.74 Å². The van der Waals surface area contributed by atoms with Crippen LogP contribution in [0.4, 0.5) is 0 Å². The summed E-state index contributed by atoms with van der Waals surface area (Å²) < 4.78 is 4.74. The Balaban J connectivity index is 1.61. The van der Waals surface area contributed by atoms with Crippen molar-refractivity contribution in [3.63, 3.8) is 0 Å². The van der Waals surface area contributed by atoms with Gasteiger partial charge in [-0.2, -0.15) is 0 Å². The zero-order valence-corrected chi connectivity index (χ0v) is 17.8. The second kappa shape index (κ2) is 7.02. The molecule has 3 unspecified atom stereocenters. The number of rotatable bonds is 2. The van der Waals surface area contributed by atoms with E-state index >= 15 is 0 Å². The lowest BCUT2D eigenvalue weighted by Gasteiger charge is -2.58. The molecule has 0 N–H and O–H groups in total. The van der Waals surface area contributed by atoms with E-state index in [1.807, 2.05) is 6.08 Å². The Bertz CT molecular complexity index is 784. The zero-order chi connectivity index (χ0) is 20.1. The Morgan fingerprint density at radius 3 is 2.68 bits per heavy atom. The van der Waals surface area contributed by atoms with Gasteiger partial charge in [-0.05, 0) is 98.0 Å². The maximum atomic E-state index is 12.0. The largest absolute Gasteiger partial charge is 0.465 e. The summed E-state index contributed by atoms with van der Waals surface area (Å²) in [5.41, 5.74) is 6.44. The SMILES string of the molecule is COC(=O)C=C=C(C)[C@H]1CCC2C3CCC4=CC(=O)CC[C@]4(C)C3CC[C@@]21C. The van der Waals surface area contributed by atoms with E-state index in [0.717, 1.165) is 37.0 Å². The number of ketones is 1. The van der Waals surface area contributed by atoms with Gasteiger partial charge in [-0.1, -0.05) is 19.4 Å². The van der Waals surface area contributed by atoms with Crippen LogP contribution in [-0.4, -0.2) is 18.9 Å². The summed E-state index contributed by atoms with van der Waals surface area (Å²) in [5.74, 6) is 2.78. The third-order valence-electron chi connectivity index (χ3n) is 9.10. The number of allylic oxidation sites excluding steroid dienone is 1. The highest BCUT2D eigenvalue weighted by Crippen LogP contribution is 2.67. The van der Waals surface area contributed by atoms with Crippen LogP contribution in [0.3, 0.4) is 0 Å². The molecule has 0 radical (unpaired) electrons. The molecule has 3 heteroatoms. The third-order valence-corrected chi connectivity index (χ3v) is 9.10. The quantitative estimate of drug-likeness (QED) is 0.364. The molecule has 0 aromatic rings. The molecular weight excluding hydrogens is 348 g/mol. The second-order valence-corrected chi connectivity index (χ2v) is 10.1. The van der Waals surface area contributed by atoms with E-state index < -0.39 is 0 Å². The molecule has 6 atom stereocenters. The maximum absolute atomic E-state index is 12.0. The molecule has 3 fully saturated rings. The molecule has 0 spiro atoms. The number of ether oxygens (including phenoxy) is 1. The van der Waals surface area contributed by atoms with Gasteiger partial charge in [0, 0.05) is 6.42 Å². The van der Waals surface area contributed by atoms with Crippen molar-refractivity contribution in [1.82, 2.24) is 0 Å². The van der Waals surface area contributed by atoms with Gasteiger partial charge in [0.1, 0.15) is 0 Å². The predicted molar refractivity (Wildman–Crippen MR) is 109 cm³/mol. The van der Waals surface area contributed by atoms with Crippen molar-refractivity contribution < 1.29 is 14.3 Å². The number of methoxy groups -OCH3 is 1. The molecular formula is C25H34O3. The maximum Gasteiger partial charge on any atom is 0.338 e. The molecule has 3 nitrogen and oxygen atoms in total. The van der Waals surface area contributed by atoms with Crippen LogP contribution in [0.2, 0.25) is 0 Å². The normalized spacial score (nSPS) is 41.7. The molecule has 4 rings (SSSR count). The zero-order valence-electron chi connectivity index (χ0n) is 17.8. The molecule has 4 aliphatic carbocycles. The molecule has 28 heavy (non-hydrogen) atoms. The second-order valence-electron chi connectivity index (χ2n) is 10.1. The topological polar surface area (TPSA) is 43.4 Å². The van der Waals surface area contributed by atoms with Gasteiger partial charge in [0.2, 0.25) is 0 Å². The molecule has 0 bridgehead atoms. The first-order valence-electron chi connectivity index (χ1n) is 11.0. The number of hydrogen-bond donors (Lipinski definition) is 0. The van der Waals surface area contributed by atoms with Crippen LogP contribution in [0.15, 0.2) is 29.0 Å². The van der Waals surface area contributed by atoms with E-state index in [4.69, 9.17) is 4.74 Å². The van der Waals surface area contributed by atoms with Crippen molar-refractivity contribution >= 4 is 11.8 Å². The highest BCUT2D eigenvalue weighted by molar-refractivity contribution is 5.91. The Labute approximate surface area is 169 Å². The monoisotopic (exact) mass is 382 g/mol. The Morgan fingerprint density at radius 1 is 1.14 bits per heavy atom. The van der Waals surface area contributed by atoms with Crippen molar-refractivity contribution in [1.29, 1.82) is 0 Å². The van der Waals surface area contributed by atoms with Crippen LogP contribution >= 0.6 is 0 Å². The summed E-state index contributed by atoms with van der Waals surface area (Å²) >= 11 is 0. The van der Waals surface area contributed by atoms with Crippen LogP contribution in [0.25, 0.3) is 0 Å². The van der Waals surface area contributed by atoms with Gasteiger partial charge in [-0.25, -0.2) is 4.79 Å². The first-order chi connectivity index (χ1) is 13.3. The summed E-state index contributed by atoms with van der Waals surface area (Å²) in [6.07, 6.45) is 12.6. The van der Waals surface area contributed by atoms with E-state index in [0.29, 0.717) is 17.1 Å². The van der Waals surface area contributed by atoms with Crippen molar-refractivity contribution in [2.24, 2.45) is 34.5 Å². The number of carbonyl (C=O) groups is 2. The van der Waals surface area contributed by atoms with Gasteiger partial charge in [0.15, 0.2) is 5.78 Å². The highest BCUT2D eigenvalue weighted by Gasteiger charge is 2.59. The van der Waals surface area contributed by atoms with E-state index in [1.165, 1.54) is 56.4 Å². The number of hydrogen-bond acceptors (Lipinski definition) is 3. The molecule has 3 saturated carbocycles. The molecule has 4 aliphatic rings. The number of esters is 1. The molecule has 0 amide bonds. The number of fused-ring (bicyclic) bond motifs is 5. The van der Waals surface area contributed by atoms with Crippen LogP contribution in [0, 0.1) is 34.5 Å². The van der Waals surface area contributed by atoms with Crippen molar-refractivity contribution in [2.45, 2.75) is 72.1 Å². The van der Waals surface area contributed by atoms with Crippen molar-refractivity contribution in [3.8, 4) is 0 Å². The molecule has 0 aromatic carbocycles. The highest BCUT2D eigenvalue weighted by atomic mass is 16.5. The Hall–Kier alpha value is -1.60. The van der Waals surface area contributed by atoms with Gasteiger partial charge >= 0.3 is 5.97 Å². The minimum Gasteiger partial charge on any atom is -0.465 e. The first kappa shape index (κ1) is 19.7. The minimum atomic E-state index is -0.325. The van der Waals surface area contributed by atoms with Crippen LogP contribution in [0.5, 0.6) is 0 Å². The van der Waals surface area contributed by atoms with Crippen LogP contribution < -0.4 is 0 Å². The number of carbonyl (C=O) groups excluding carboxylic acids is 2. The average molecular weight is 383 g/mol. The molecule has 0 aromatic heterocycles. The molecule has 0 saturated heterocycles. The van der Waals surface area contributed by atoms with Gasteiger partial charge in [0.05, 0.1) is 13.2 Å². The average Bonchev–Trinajstić information content (AvgIpc) is 3.03.